The summed E-state index contributed by atoms with van der Waals surface area (Å²) in [5, 5.41) is 12.1. The minimum Gasteiger partial charge on any atom is -0.355 e. The lowest BCUT2D eigenvalue weighted by Crippen LogP contribution is -2.38. The summed E-state index contributed by atoms with van der Waals surface area (Å²) < 4.78 is 0. The molecular formula is C13H21N5. The van der Waals surface area contributed by atoms with Crippen LogP contribution in [0.25, 0.3) is 0 Å². The number of nitriles is 1. The van der Waals surface area contributed by atoms with Gasteiger partial charge in [0.1, 0.15) is 23.5 Å². The zero-order chi connectivity index (χ0) is 14.0. The van der Waals surface area contributed by atoms with Crippen molar-refractivity contribution < 1.29 is 0 Å². The van der Waals surface area contributed by atoms with Gasteiger partial charge in [0.15, 0.2) is 0 Å². The van der Waals surface area contributed by atoms with E-state index >= 15 is 0 Å². The summed E-state index contributed by atoms with van der Waals surface area (Å²) in [4.78, 5) is 10.5. The normalized spacial score (nSPS) is 11.8. The van der Waals surface area contributed by atoms with Gasteiger partial charge in [-0.05, 0) is 34.6 Å². The molecule has 98 valence electrons. The highest BCUT2D eigenvalue weighted by atomic mass is 15.2. The van der Waals surface area contributed by atoms with E-state index in [4.69, 9.17) is 5.26 Å². The molecule has 0 aromatic carbocycles. The van der Waals surface area contributed by atoms with Crippen LogP contribution in [0, 0.1) is 11.3 Å². The molecule has 1 N–H and O–H groups in total. The SMILES string of the molecule is CN(c1cc(NC(C)(C)C#N)ncn1)C(C)(C)C. The molecule has 1 heterocycles. The molecule has 0 amide bonds. The zero-order valence-corrected chi connectivity index (χ0v) is 11.9. The predicted octanol–water partition coefficient (Wildman–Crippen LogP) is 2.43. The number of rotatable bonds is 3. The average molecular weight is 247 g/mol. The van der Waals surface area contributed by atoms with Gasteiger partial charge in [-0.1, -0.05) is 0 Å². The van der Waals surface area contributed by atoms with Crippen molar-refractivity contribution in [2.45, 2.75) is 45.7 Å². The van der Waals surface area contributed by atoms with Crippen LogP contribution < -0.4 is 10.2 Å². The molecule has 1 aromatic rings. The molecule has 1 rings (SSSR count). The second kappa shape index (κ2) is 4.81. The topological polar surface area (TPSA) is 64.8 Å². The third-order valence-electron chi connectivity index (χ3n) is 2.72. The van der Waals surface area contributed by atoms with Crippen molar-refractivity contribution >= 4 is 11.6 Å². The summed E-state index contributed by atoms with van der Waals surface area (Å²) >= 11 is 0. The quantitative estimate of drug-likeness (QED) is 0.888. The standard InChI is InChI=1S/C13H21N5/c1-12(2,3)18(6)11-7-10(15-9-16-11)17-13(4,5)8-14/h7,9H,1-6H3,(H,15,16,17). The molecule has 0 aliphatic rings. The molecule has 0 atom stereocenters. The molecule has 0 saturated carbocycles. The van der Waals surface area contributed by atoms with E-state index in [-0.39, 0.29) is 5.54 Å². The lowest BCUT2D eigenvalue weighted by molar-refractivity contribution is 0.533. The Labute approximate surface area is 109 Å². The Balaban J connectivity index is 2.97. The van der Waals surface area contributed by atoms with Crippen molar-refractivity contribution in [2.24, 2.45) is 0 Å². The lowest BCUT2D eigenvalue weighted by Gasteiger charge is -2.33. The maximum atomic E-state index is 9.00. The first-order valence-electron chi connectivity index (χ1n) is 5.91. The van der Waals surface area contributed by atoms with Gasteiger partial charge in [0, 0.05) is 18.7 Å². The first kappa shape index (κ1) is 14.2. The number of aromatic nitrogens is 2. The van der Waals surface area contributed by atoms with Crippen molar-refractivity contribution in [1.29, 1.82) is 5.26 Å². The fraction of sp³-hybridized carbons (Fsp3) is 0.615. The molecule has 5 nitrogen and oxygen atoms in total. The van der Waals surface area contributed by atoms with E-state index in [0.29, 0.717) is 5.82 Å². The summed E-state index contributed by atoms with van der Waals surface area (Å²) in [6, 6.07) is 4.04. The molecule has 0 fully saturated rings. The van der Waals surface area contributed by atoms with E-state index in [1.807, 2.05) is 27.0 Å². The number of nitrogens with one attached hydrogen (secondary N) is 1. The second-order valence-corrected chi connectivity index (χ2v) is 5.85. The molecule has 0 radical (unpaired) electrons. The highest BCUT2D eigenvalue weighted by Gasteiger charge is 2.20. The predicted molar refractivity (Wildman–Crippen MR) is 73.5 cm³/mol. The molecule has 1 aromatic heterocycles. The summed E-state index contributed by atoms with van der Waals surface area (Å²) in [6.45, 7) is 9.95. The first-order chi connectivity index (χ1) is 8.15. The zero-order valence-electron chi connectivity index (χ0n) is 11.9. The molecular weight excluding hydrogens is 226 g/mol. The summed E-state index contributed by atoms with van der Waals surface area (Å²) in [6.07, 6.45) is 1.51. The van der Waals surface area contributed by atoms with Gasteiger partial charge in [-0.15, -0.1) is 0 Å². The van der Waals surface area contributed by atoms with E-state index in [2.05, 4.69) is 47.0 Å². The van der Waals surface area contributed by atoms with Crippen LogP contribution in [0.3, 0.4) is 0 Å². The van der Waals surface area contributed by atoms with Crippen molar-refractivity contribution in [3.05, 3.63) is 12.4 Å². The lowest BCUT2D eigenvalue weighted by atomic mass is 10.1. The van der Waals surface area contributed by atoms with Crippen LogP contribution in [0.4, 0.5) is 11.6 Å². The maximum Gasteiger partial charge on any atom is 0.134 e. The van der Waals surface area contributed by atoms with Crippen molar-refractivity contribution in [3.63, 3.8) is 0 Å². The minimum absolute atomic E-state index is 0.0175. The van der Waals surface area contributed by atoms with Gasteiger partial charge in [-0.25, -0.2) is 9.97 Å². The van der Waals surface area contributed by atoms with Gasteiger partial charge in [0.25, 0.3) is 0 Å². The third kappa shape index (κ3) is 3.59. The van der Waals surface area contributed by atoms with Crippen LogP contribution in [-0.4, -0.2) is 28.1 Å². The van der Waals surface area contributed by atoms with E-state index in [0.717, 1.165) is 5.82 Å². The monoisotopic (exact) mass is 247 g/mol. The molecule has 18 heavy (non-hydrogen) atoms. The van der Waals surface area contributed by atoms with Crippen LogP contribution in [0.5, 0.6) is 0 Å². The van der Waals surface area contributed by atoms with E-state index in [1.54, 1.807) is 0 Å². The van der Waals surface area contributed by atoms with Crippen molar-refractivity contribution in [2.75, 3.05) is 17.3 Å². The summed E-state index contributed by atoms with van der Waals surface area (Å²) in [5.74, 6) is 1.48. The molecule has 0 saturated heterocycles. The molecule has 0 spiro atoms. The molecule has 0 aliphatic heterocycles. The third-order valence-corrected chi connectivity index (χ3v) is 2.72. The number of anilines is 2. The molecule has 0 bridgehead atoms. The van der Waals surface area contributed by atoms with Crippen molar-refractivity contribution in [1.82, 2.24) is 9.97 Å². The Bertz CT molecular complexity index is 453. The highest BCUT2D eigenvalue weighted by Crippen LogP contribution is 2.22. The van der Waals surface area contributed by atoms with Gasteiger partial charge < -0.3 is 10.2 Å². The Kier molecular flexibility index (Phi) is 3.80. The smallest absolute Gasteiger partial charge is 0.134 e. The van der Waals surface area contributed by atoms with Crippen LogP contribution in [0.2, 0.25) is 0 Å². The maximum absolute atomic E-state index is 9.00. The van der Waals surface area contributed by atoms with Gasteiger partial charge in [0.05, 0.1) is 6.07 Å². The molecule has 0 aliphatic carbocycles. The highest BCUT2D eigenvalue weighted by molar-refractivity contribution is 5.51. The average Bonchev–Trinajstić information content (AvgIpc) is 2.26. The summed E-state index contributed by atoms with van der Waals surface area (Å²) in [7, 11) is 1.99. The van der Waals surface area contributed by atoms with E-state index in [1.165, 1.54) is 6.33 Å². The molecule has 0 unspecified atom stereocenters. The van der Waals surface area contributed by atoms with E-state index in [9.17, 15) is 0 Å². The number of hydrogen-bond donors (Lipinski definition) is 1. The van der Waals surface area contributed by atoms with Gasteiger partial charge >= 0.3 is 0 Å². The first-order valence-corrected chi connectivity index (χ1v) is 5.91. The number of hydrogen-bond acceptors (Lipinski definition) is 5. The minimum atomic E-state index is -0.647. The Morgan fingerprint density at radius 1 is 1.22 bits per heavy atom. The van der Waals surface area contributed by atoms with E-state index < -0.39 is 5.54 Å². The van der Waals surface area contributed by atoms with Crippen LogP contribution in [-0.2, 0) is 0 Å². The second-order valence-electron chi connectivity index (χ2n) is 5.85. The Hall–Kier alpha value is -1.83. The van der Waals surface area contributed by atoms with Crippen molar-refractivity contribution in [3.8, 4) is 6.07 Å². The van der Waals surface area contributed by atoms with Gasteiger partial charge in [0.2, 0.25) is 0 Å². The van der Waals surface area contributed by atoms with Crippen LogP contribution >= 0.6 is 0 Å². The fourth-order valence-corrected chi connectivity index (χ4v) is 1.29. The van der Waals surface area contributed by atoms with Crippen LogP contribution in [0.1, 0.15) is 34.6 Å². The van der Waals surface area contributed by atoms with Gasteiger partial charge in [-0.3, -0.25) is 0 Å². The summed E-state index contributed by atoms with van der Waals surface area (Å²) in [5.41, 5.74) is -0.664. The fourth-order valence-electron chi connectivity index (χ4n) is 1.29. The Morgan fingerprint density at radius 3 is 2.33 bits per heavy atom. The largest absolute Gasteiger partial charge is 0.355 e. The Morgan fingerprint density at radius 2 is 1.83 bits per heavy atom. The van der Waals surface area contributed by atoms with Gasteiger partial charge in [-0.2, -0.15) is 5.26 Å². The molecule has 5 heteroatoms. The van der Waals surface area contributed by atoms with Crippen LogP contribution in [0.15, 0.2) is 12.4 Å². The number of nitrogens with zero attached hydrogens (tertiary/aromatic N) is 4.